The summed E-state index contributed by atoms with van der Waals surface area (Å²) in [6.45, 7) is 6.71. The molecule has 0 radical (unpaired) electrons. The highest BCUT2D eigenvalue weighted by atomic mass is 35.5. The zero-order valence-corrected chi connectivity index (χ0v) is 16.4. The van der Waals surface area contributed by atoms with E-state index in [1.54, 1.807) is 24.3 Å². The lowest BCUT2D eigenvalue weighted by atomic mass is 10.2. The predicted octanol–water partition coefficient (Wildman–Crippen LogP) is 1.66. The number of likely N-dealkylation sites (N-methyl/N-ethyl adjacent to an activating group) is 1. The Hall–Kier alpha value is -1.15. The van der Waals surface area contributed by atoms with E-state index in [-0.39, 0.29) is 25.4 Å². The Labute approximate surface area is 155 Å². The first-order valence-electron chi connectivity index (χ1n) is 8.49. The van der Waals surface area contributed by atoms with Crippen molar-refractivity contribution in [3.63, 3.8) is 0 Å². The molecule has 8 heteroatoms. The van der Waals surface area contributed by atoms with Gasteiger partial charge in [-0.2, -0.15) is 4.31 Å². The summed E-state index contributed by atoms with van der Waals surface area (Å²) in [6, 6.07) is 7.06. The molecule has 1 aliphatic rings. The average Bonchev–Trinajstić information content (AvgIpc) is 2.59. The lowest BCUT2D eigenvalue weighted by Crippen LogP contribution is -2.49. The van der Waals surface area contributed by atoms with Gasteiger partial charge in [0, 0.05) is 50.7 Å². The number of hydrogen-bond donors (Lipinski definition) is 0. The summed E-state index contributed by atoms with van der Waals surface area (Å²) >= 11 is 5.86. The Kier molecular flexibility index (Phi) is 7.25. The van der Waals surface area contributed by atoms with Crippen molar-refractivity contribution in [2.75, 3.05) is 45.5 Å². The van der Waals surface area contributed by atoms with Crippen molar-refractivity contribution in [2.45, 2.75) is 19.9 Å². The van der Waals surface area contributed by atoms with Gasteiger partial charge in [0.1, 0.15) is 0 Å². The summed E-state index contributed by atoms with van der Waals surface area (Å²) in [5.41, 5.74) is 0.846. The van der Waals surface area contributed by atoms with Crippen LogP contribution in [0.1, 0.15) is 18.9 Å². The molecule has 0 unspecified atom stereocenters. The van der Waals surface area contributed by atoms with Gasteiger partial charge in [0.25, 0.3) is 0 Å². The molecule has 1 amide bonds. The number of carbonyl (C=O) groups is 1. The smallest absolute Gasteiger partial charge is 0.223 e. The minimum Gasteiger partial charge on any atom is -0.340 e. The molecule has 0 N–H and O–H groups in total. The third-order valence-electron chi connectivity index (χ3n) is 4.49. The summed E-state index contributed by atoms with van der Waals surface area (Å²) in [5, 5.41) is 0.607. The fourth-order valence-corrected chi connectivity index (χ4v) is 3.78. The monoisotopic (exact) mass is 387 g/mol. The van der Waals surface area contributed by atoms with Crippen molar-refractivity contribution in [3.8, 4) is 0 Å². The number of rotatable bonds is 7. The largest absolute Gasteiger partial charge is 0.340 e. The van der Waals surface area contributed by atoms with Gasteiger partial charge in [-0.3, -0.25) is 4.79 Å². The molecule has 1 aromatic carbocycles. The summed E-state index contributed by atoms with van der Waals surface area (Å²) in [5.74, 6) is 0.0144. The van der Waals surface area contributed by atoms with Gasteiger partial charge in [-0.1, -0.05) is 30.7 Å². The molecule has 0 aliphatic carbocycles. The van der Waals surface area contributed by atoms with Crippen molar-refractivity contribution >= 4 is 27.5 Å². The number of hydrogen-bond acceptors (Lipinski definition) is 4. The fraction of sp³-hybridized carbons (Fsp3) is 0.588. The summed E-state index contributed by atoms with van der Waals surface area (Å²) in [7, 11) is -3.39. The van der Waals surface area contributed by atoms with Gasteiger partial charge in [0.15, 0.2) is 0 Å². The normalized spacial score (nSPS) is 16.4. The lowest BCUT2D eigenvalue weighted by Gasteiger charge is -2.34. The number of piperazine rings is 1. The van der Waals surface area contributed by atoms with Crippen LogP contribution in [0.2, 0.25) is 5.02 Å². The Morgan fingerprint density at radius 3 is 2.28 bits per heavy atom. The Bertz CT molecular complexity index is 671. The first kappa shape index (κ1) is 20.2. The first-order valence-corrected chi connectivity index (χ1v) is 10.7. The molecule has 1 aromatic rings. The SMILES string of the molecule is CCN1CCN(C(=O)CCN(Cc2ccc(Cl)cc2)S(C)(=O)=O)CC1. The number of halogens is 1. The number of sulfonamides is 1. The van der Waals surface area contributed by atoms with Crippen LogP contribution in [-0.4, -0.2) is 74.0 Å². The Balaban J connectivity index is 1.92. The maximum Gasteiger partial charge on any atom is 0.223 e. The van der Waals surface area contributed by atoms with Crippen LogP contribution in [0, 0.1) is 0 Å². The maximum absolute atomic E-state index is 12.4. The summed E-state index contributed by atoms with van der Waals surface area (Å²) in [4.78, 5) is 16.5. The van der Waals surface area contributed by atoms with Crippen molar-refractivity contribution in [2.24, 2.45) is 0 Å². The van der Waals surface area contributed by atoms with Crippen LogP contribution in [0.3, 0.4) is 0 Å². The van der Waals surface area contributed by atoms with Crippen LogP contribution in [-0.2, 0) is 21.4 Å². The van der Waals surface area contributed by atoms with E-state index >= 15 is 0 Å². The van der Waals surface area contributed by atoms with Crippen LogP contribution in [0.25, 0.3) is 0 Å². The first-order chi connectivity index (χ1) is 11.8. The van der Waals surface area contributed by atoms with Gasteiger partial charge in [0.05, 0.1) is 6.26 Å². The molecule has 0 bridgehead atoms. The number of benzene rings is 1. The van der Waals surface area contributed by atoms with Crippen LogP contribution in [0.5, 0.6) is 0 Å². The topological polar surface area (TPSA) is 60.9 Å². The Morgan fingerprint density at radius 1 is 1.16 bits per heavy atom. The fourth-order valence-electron chi connectivity index (χ4n) is 2.85. The molecule has 0 atom stereocenters. The zero-order valence-electron chi connectivity index (χ0n) is 14.8. The predicted molar refractivity (Wildman–Crippen MR) is 100 cm³/mol. The standard InChI is InChI=1S/C17H26ClN3O3S/c1-3-19-10-12-20(13-11-19)17(22)8-9-21(25(2,23)24)14-15-4-6-16(18)7-5-15/h4-7H,3,8-14H2,1-2H3. The number of amides is 1. The van der Waals surface area contributed by atoms with Crippen molar-refractivity contribution in [3.05, 3.63) is 34.9 Å². The van der Waals surface area contributed by atoms with Crippen LogP contribution >= 0.6 is 11.6 Å². The second kappa shape index (κ2) is 8.98. The molecular formula is C17H26ClN3O3S. The Morgan fingerprint density at radius 2 is 1.76 bits per heavy atom. The molecule has 0 saturated carbocycles. The van der Waals surface area contributed by atoms with Gasteiger partial charge in [-0.25, -0.2) is 8.42 Å². The lowest BCUT2D eigenvalue weighted by molar-refractivity contribution is -0.133. The van der Waals surface area contributed by atoms with Gasteiger partial charge >= 0.3 is 0 Å². The van der Waals surface area contributed by atoms with E-state index in [1.165, 1.54) is 10.6 Å². The molecule has 140 valence electrons. The van der Waals surface area contributed by atoms with E-state index in [9.17, 15) is 13.2 Å². The van der Waals surface area contributed by atoms with Crippen LogP contribution in [0.15, 0.2) is 24.3 Å². The van der Waals surface area contributed by atoms with Crippen LogP contribution < -0.4 is 0 Å². The maximum atomic E-state index is 12.4. The molecule has 0 spiro atoms. The average molecular weight is 388 g/mol. The molecule has 6 nitrogen and oxygen atoms in total. The quantitative estimate of drug-likeness (QED) is 0.713. The molecule has 1 aliphatic heterocycles. The van der Waals surface area contributed by atoms with Crippen LogP contribution in [0.4, 0.5) is 0 Å². The van der Waals surface area contributed by atoms with E-state index in [0.29, 0.717) is 18.1 Å². The molecule has 25 heavy (non-hydrogen) atoms. The van der Waals surface area contributed by atoms with E-state index in [2.05, 4.69) is 11.8 Å². The molecule has 0 aromatic heterocycles. The van der Waals surface area contributed by atoms with Gasteiger partial charge in [-0.15, -0.1) is 0 Å². The molecule has 1 saturated heterocycles. The van der Waals surface area contributed by atoms with E-state index < -0.39 is 10.0 Å². The van der Waals surface area contributed by atoms with Gasteiger partial charge in [0.2, 0.25) is 15.9 Å². The number of nitrogens with zero attached hydrogens (tertiary/aromatic N) is 3. The second-order valence-electron chi connectivity index (χ2n) is 6.29. The molecule has 2 rings (SSSR count). The summed E-state index contributed by atoms with van der Waals surface area (Å²) in [6.07, 6.45) is 1.38. The molecule has 1 heterocycles. The van der Waals surface area contributed by atoms with E-state index in [0.717, 1.165) is 25.2 Å². The van der Waals surface area contributed by atoms with E-state index in [1.807, 2.05) is 4.90 Å². The van der Waals surface area contributed by atoms with Crippen molar-refractivity contribution < 1.29 is 13.2 Å². The highest BCUT2D eigenvalue weighted by Gasteiger charge is 2.23. The second-order valence-corrected chi connectivity index (χ2v) is 8.71. The highest BCUT2D eigenvalue weighted by molar-refractivity contribution is 7.88. The minimum atomic E-state index is -3.39. The number of carbonyl (C=O) groups excluding carboxylic acids is 1. The highest BCUT2D eigenvalue weighted by Crippen LogP contribution is 2.14. The van der Waals surface area contributed by atoms with Crippen molar-refractivity contribution in [1.29, 1.82) is 0 Å². The third-order valence-corrected chi connectivity index (χ3v) is 5.99. The zero-order chi connectivity index (χ0) is 18.4. The summed E-state index contributed by atoms with van der Waals surface area (Å²) < 4.78 is 25.4. The van der Waals surface area contributed by atoms with E-state index in [4.69, 9.17) is 11.6 Å². The van der Waals surface area contributed by atoms with Crippen molar-refractivity contribution in [1.82, 2.24) is 14.1 Å². The molecule has 1 fully saturated rings. The third kappa shape index (κ3) is 6.26. The minimum absolute atomic E-state index is 0.0144. The van der Waals surface area contributed by atoms with Gasteiger partial charge in [-0.05, 0) is 24.2 Å². The van der Waals surface area contributed by atoms with Gasteiger partial charge < -0.3 is 9.80 Å². The molecular weight excluding hydrogens is 362 g/mol.